The summed E-state index contributed by atoms with van der Waals surface area (Å²) in [5.74, 6) is -1.55. The van der Waals surface area contributed by atoms with Crippen molar-refractivity contribution in [1.82, 2.24) is 0 Å². The molecule has 0 radical (unpaired) electrons. The molecule has 0 heterocycles. The minimum Gasteiger partial charge on any atom is -0.322 e. The van der Waals surface area contributed by atoms with E-state index >= 15 is 0 Å². The van der Waals surface area contributed by atoms with Gasteiger partial charge in [-0.15, -0.1) is 0 Å². The first kappa shape index (κ1) is 13.7. The molecule has 2 nitrogen and oxygen atoms in total. The molecule has 2 aromatic rings. The van der Waals surface area contributed by atoms with Crippen LogP contribution in [0.5, 0.6) is 0 Å². The van der Waals surface area contributed by atoms with Crippen LogP contribution in [0.3, 0.4) is 0 Å². The van der Waals surface area contributed by atoms with Gasteiger partial charge in [0.25, 0.3) is 5.91 Å². The fourth-order valence-corrected chi connectivity index (χ4v) is 1.93. The number of benzene rings is 2. The quantitative estimate of drug-likeness (QED) is 0.876. The van der Waals surface area contributed by atoms with Crippen molar-refractivity contribution >= 4 is 27.5 Å². The molecule has 0 atom stereocenters. The van der Waals surface area contributed by atoms with Crippen LogP contribution in [0.2, 0.25) is 0 Å². The summed E-state index contributed by atoms with van der Waals surface area (Å²) in [5, 5.41) is 2.53. The van der Waals surface area contributed by atoms with Crippen LogP contribution in [-0.4, -0.2) is 5.91 Å². The molecule has 2 aromatic carbocycles. The van der Waals surface area contributed by atoms with E-state index in [1.54, 1.807) is 13.0 Å². The maximum atomic E-state index is 13.6. The van der Waals surface area contributed by atoms with E-state index in [9.17, 15) is 13.6 Å². The van der Waals surface area contributed by atoms with E-state index in [1.807, 2.05) is 0 Å². The second-order valence-electron chi connectivity index (χ2n) is 4.04. The summed E-state index contributed by atoms with van der Waals surface area (Å²) < 4.78 is 27.2. The Morgan fingerprint density at radius 1 is 1.11 bits per heavy atom. The van der Waals surface area contributed by atoms with Crippen LogP contribution in [0, 0.1) is 18.6 Å². The lowest BCUT2D eigenvalue weighted by Crippen LogP contribution is -2.13. The summed E-state index contributed by atoms with van der Waals surface area (Å²) >= 11 is 3.12. The van der Waals surface area contributed by atoms with Crippen molar-refractivity contribution in [3.63, 3.8) is 0 Å². The Hall–Kier alpha value is -1.75. The van der Waals surface area contributed by atoms with E-state index in [2.05, 4.69) is 21.2 Å². The second kappa shape index (κ2) is 5.48. The highest BCUT2D eigenvalue weighted by Gasteiger charge is 2.12. The van der Waals surface area contributed by atoms with Gasteiger partial charge in [0.05, 0.1) is 5.56 Å². The van der Waals surface area contributed by atoms with Gasteiger partial charge in [0, 0.05) is 10.2 Å². The molecule has 2 rings (SSSR count). The summed E-state index contributed by atoms with van der Waals surface area (Å²) in [5.41, 5.74) is 0.769. The summed E-state index contributed by atoms with van der Waals surface area (Å²) in [6, 6.07) is 8.34. The number of nitrogens with one attached hydrogen (secondary N) is 1. The molecule has 0 spiro atoms. The van der Waals surface area contributed by atoms with Gasteiger partial charge < -0.3 is 5.32 Å². The SMILES string of the molecule is Cc1cc(NC(=O)c2ccc(Br)cc2F)ccc1F. The predicted molar refractivity (Wildman–Crippen MR) is 73.2 cm³/mol. The summed E-state index contributed by atoms with van der Waals surface area (Å²) in [6.07, 6.45) is 0. The predicted octanol–water partition coefficient (Wildman–Crippen LogP) is 4.29. The highest BCUT2D eigenvalue weighted by atomic mass is 79.9. The van der Waals surface area contributed by atoms with Crippen molar-refractivity contribution in [3.8, 4) is 0 Å². The molecular weight excluding hydrogens is 316 g/mol. The first-order chi connectivity index (χ1) is 8.97. The van der Waals surface area contributed by atoms with Crippen molar-refractivity contribution in [2.45, 2.75) is 6.92 Å². The lowest BCUT2D eigenvalue weighted by atomic mass is 10.1. The van der Waals surface area contributed by atoms with E-state index in [1.165, 1.54) is 30.3 Å². The van der Waals surface area contributed by atoms with Crippen LogP contribution in [0.4, 0.5) is 14.5 Å². The Balaban J connectivity index is 2.23. The average Bonchev–Trinajstić information content (AvgIpc) is 2.33. The molecule has 0 saturated carbocycles. The third-order valence-corrected chi connectivity index (χ3v) is 3.08. The van der Waals surface area contributed by atoms with E-state index in [0.29, 0.717) is 15.7 Å². The molecule has 0 aliphatic carbocycles. The standard InChI is InChI=1S/C14H10BrF2NO/c1-8-6-10(3-5-12(8)16)18-14(19)11-4-2-9(15)7-13(11)17/h2-7H,1H3,(H,18,19). The summed E-state index contributed by atoms with van der Waals surface area (Å²) in [4.78, 5) is 11.9. The lowest BCUT2D eigenvalue weighted by molar-refractivity contribution is 0.102. The summed E-state index contributed by atoms with van der Waals surface area (Å²) in [7, 11) is 0. The van der Waals surface area contributed by atoms with E-state index in [0.717, 1.165) is 0 Å². The maximum Gasteiger partial charge on any atom is 0.258 e. The molecule has 19 heavy (non-hydrogen) atoms. The summed E-state index contributed by atoms with van der Waals surface area (Å²) in [6.45, 7) is 1.59. The average molecular weight is 326 g/mol. The topological polar surface area (TPSA) is 29.1 Å². The van der Waals surface area contributed by atoms with E-state index in [4.69, 9.17) is 0 Å². The Kier molecular flexibility index (Phi) is 3.95. The molecule has 0 aliphatic heterocycles. The van der Waals surface area contributed by atoms with Gasteiger partial charge in [0.15, 0.2) is 0 Å². The minimum atomic E-state index is -0.620. The van der Waals surface area contributed by atoms with Gasteiger partial charge in [-0.3, -0.25) is 4.79 Å². The van der Waals surface area contributed by atoms with Crippen LogP contribution in [0.1, 0.15) is 15.9 Å². The number of rotatable bonds is 2. The molecule has 0 bridgehead atoms. The number of carbonyl (C=O) groups excluding carboxylic acids is 1. The van der Waals surface area contributed by atoms with Crippen molar-refractivity contribution in [2.24, 2.45) is 0 Å². The Bertz CT molecular complexity index is 643. The van der Waals surface area contributed by atoms with Gasteiger partial charge in [-0.05, 0) is 48.9 Å². The van der Waals surface area contributed by atoms with Crippen LogP contribution < -0.4 is 5.32 Å². The number of halogens is 3. The second-order valence-corrected chi connectivity index (χ2v) is 4.96. The highest BCUT2D eigenvalue weighted by Crippen LogP contribution is 2.18. The zero-order valence-corrected chi connectivity index (χ0v) is 11.6. The molecule has 0 fully saturated rings. The number of hydrogen-bond donors (Lipinski definition) is 1. The van der Waals surface area contributed by atoms with Gasteiger partial charge in [-0.2, -0.15) is 0 Å². The molecule has 1 amide bonds. The van der Waals surface area contributed by atoms with Crippen LogP contribution >= 0.6 is 15.9 Å². The molecule has 0 aromatic heterocycles. The molecule has 0 unspecified atom stereocenters. The lowest BCUT2D eigenvalue weighted by Gasteiger charge is -2.07. The van der Waals surface area contributed by atoms with Crippen molar-refractivity contribution in [2.75, 3.05) is 5.32 Å². The van der Waals surface area contributed by atoms with Gasteiger partial charge in [-0.25, -0.2) is 8.78 Å². The van der Waals surface area contributed by atoms with Crippen LogP contribution in [0.15, 0.2) is 40.9 Å². The van der Waals surface area contributed by atoms with Crippen molar-refractivity contribution < 1.29 is 13.6 Å². The zero-order chi connectivity index (χ0) is 14.0. The molecule has 0 aliphatic rings. The molecule has 0 saturated heterocycles. The van der Waals surface area contributed by atoms with Gasteiger partial charge >= 0.3 is 0 Å². The fraction of sp³-hybridized carbons (Fsp3) is 0.0714. The third-order valence-electron chi connectivity index (χ3n) is 2.59. The monoisotopic (exact) mass is 325 g/mol. The molecular formula is C14H10BrF2NO. The number of aryl methyl sites for hydroxylation is 1. The maximum absolute atomic E-state index is 13.6. The number of anilines is 1. The smallest absolute Gasteiger partial charge is 0.258 e. The van der Waals surface area contributed by atoms with Gasteiger partial charge in [0.2, 0.25) is 0 Å². The van der Waals surface area contributed by atoms with Crippen LogP contribution in [0.25, 0.3) is 0 Å². The van der Waals surface area contributed by atoms with E-state index < -0.39 is 11.7 Å². The van der Waals surface area contributed by atoms with Crippen molar-refractivity contribution in [1.29, 1.82) is 0 Å². The third kappa shape index (κ3) is 3.17. The van der Waals surface area contributed by atoms with Crippen LogP contribution in [-0.2, 0) is 0 Å². The number of hydrogen-bond acceptors (Lipinski definition) is 1. The molecule has 1 N–H and O–H groups in total. The Labute approximate surface area is 117 Å². The first-order valence-electron chi connectivity index (χ1n) is 5.50. The van der Waals surface area contributed by atoms with Gasteiger partial charge in [0.1, 0.15) is 11.6 Å². The van der Waals surface area contributed by atoms with Crippen molar-refractivity contribution in [3.05, 3.63) is 63.6 Å². The number of amides is 1. The zero-order valence-electron chi connectivity index (χ0n) is 10.0. The van der Waals surface area contributed by atoms with E-state index in [-0.39, 0.29) is 11.4 Å². The normalized spacial score (nSPS) is 10.3. The Morgan fingerprint density at radius 3 is 2.47 bits per heavy atom. The molecule has 98 valence electrons. The van der Waals surface area contributed by atoms with Gasteiger partial charge in [-0.1, -0.05) is 15.9 Å². The molecule has 5 heteroatoms. The minimum absolute atomic E-state index is 0.0646. The number of carbonyl (C=O) groups is 1. The highest BCUT2D eigenvalue weighted by molar-refractivity contribution is 9.10. The Morgan fingerprint density at radius 2 is 1.84 bits per heavy atom. The largest absolute Gasteiger partial charge is 0.322 e. The first-order valence-corrected chi connectivity index (χ1v) is 6.29. The fourth-order valence-electron chi connectivity index (χ4n) is 1.59.